The molecule has 0 bridgehead atoms. The fourth-order valence-corrected chi connectivity index (χ4v) is 3.00. The van der Waals surface area contributed by atoms with E-state index in [1.165, 1.54) is 0 Å². The predicted molar refractivity (Wildman–Crippen MR) is 82.5 cm³/mol. The second-order valence-corrected chi connectivity index (χ2v) is 5.82. The number of aromatic nitrogens is 4. The minimum atomic E-state index is -0.244. The Bertz CT molecular complexity index is 638. The first-order valence-electron chi connectivity index (χ1n) is 8.05. The van der Waals surface area contributed by atoms with E-state index in [9.17, 15) is 4.79 Å². The Morgan fingerprint density at radius 3 is 3.09 bits per heavy atom. The van der Waals surface area contributed by atoms with E-state index in [4.69, 9.17) is 4.52 Å². The Kier molecular flexibility index (Phi) is 4.59. The van der Waals surface area contributed by atoms with Crippen molar-refractivity contribution < 1.29 is 9.32 Å². The van der Waals surface area contributed by atoms with E-state index in [1.54, 1.807) is 13.1 Å². The largest absolute Gasteiger partial charge is 0.340 e. The molecule has 3 rings (SSSR count). The van der Waals surface area contributed by atoms with Crippen LogP contribution in [0.15, 0.2) is 16.9 Å². The van der Waals surface area contributed by atoms with Gasteiger partial charge in [-0.2, -0.15) is 10.1 Å². The van der Waals surface area contributed by atoms with Crippen molar-refractivity contribution in [3.63, 3.8) is 0 Å². The molecule has 2 atom stereocenters. The number of aromatic amines is 1. The van der Waals surface area contributed by atoms with Gasteiger partial charge < -0.3 is 14.7 Å². The Labute approximate surface area is 134 Å². The van der Waals surface area contributed by atoms with E-state index in [0.29, 0.717) is 18.1 Å². The van der Waals surface area contributed by atoms with Gasteiger partial charge in [0.15, 0.2) is 5.82 Å². The van der Waals surface area contributed by atoms with Crippen LogP contribution in [0.3, 0.4) is 0 Å². The smallest absolute Gasteiger partial charge is 0.318 e. The van der Waals surface area contributed by atoms with E-state index in [1.807, 2.05) is 18.0 Å². The second kappa shape index (κ2) is 6.80. The topological polar surface area (TPSA) is 99.9 Å². The number of carbonyl (C=O) groups excluding carboxylic acids is 1. The number of amides is 2. The molecule has 1 saturated heterocycles. The molecule has 0 unspecified atom stereocenters. The quantitative estimate of drug-likeness (QED) is 0.902. The molecule has 1 aliphatic rings. The molecule has 2 amide bonds. The van der Waals surface area contributed by atoms with Crippen LogP contribution >= 0.6 is 0 Å². The highest BCUT2D eigenvalue weighted by atomic mass is 16.5. The van der Waals surface area contributed by atoms with Gasteiger partial charge in [-0.15, -0.1) is 0 Å². The third kappa shape index (κ3) is 3.35. The summed E-state index contributed by atoms with van der Waals surface area (Å²) in [6.07, 6.45) is 7.42. The molecule has 3 heterocycles. The van der Waals surface area contributed by atoms with Crippen molar-refractivity contribution in [2.24, 2.45) is 0 Å². The Hall–Kier alpha value is -2.38. The van der Waals surface area contributed by atoms with Crippen LogP contribution in [0.5, 0.6) is 0 Å². The number of carbonyl (C=O) groups is 1. The maximum absolute atomic E-state index is 12.8. The summed E-state index contributed by atoms with van der Waals surface area (Å²) in [6.45, 7) is 4.47. The van der Waals surface area contributed by atoms with Gasteiger partial charge in [0.05, 0.1) is 18.3 Å². The fraction of sp³-hybridized carbons (Fsp3) is 0.600. The van der Waals surface area contributed by atoms with Crippen molar-refractivity contribution in [2.45, 2.75) is 51.6 Å². The summed E-state index contributed by atoms with van der Waals surface area (Å²) in [5.74, 6) is 1.03. The molecule has 0 radical (unpaired) electrons. The number of nitrogens with one attached hydrogen (secondary N) is 2. The van der Waals surface area contributed by atoms with Crippen LogP contribution in [0.1, 0.15) is 62.0 Å². The lowest BCUT2D eigenvalue weighted by Crippen LogP contribution is -2.45. The van der Waals surface area contributed by atoms with Crippen molar-refractivity contribution in [2.75, 3.05) is 6.54 Å². The fourth-order valence-electron chi connectivity index (χ4n) is 3.00. The van der Waals surface area contributed by atoms with Crippen LogP contribution in [0.2, 0.25) is 0 Å². The monoisotopic (exact) mass is 318 g/mol. The van der Waals surface area contributed by atoms with Gasteiger partial charge in [-0.25, -0.2) is 4.79 Å². The first-order valence-corrected chi connectivity index (χ1v) is 8.05. The van der Waals surface area contributed by atoms with Crippen LogP contribution in [-0.4, -0.2) is 37.8 Å². The van der Waals surface area contributed by atoms with Crippen molar-refractivity contribution in [1.29, 1.82) is 0 Å². The lowest BCUT2D eigenvalue weighted by Gasteiger charge is -2.36. The highest BCUT2D eigenvalue weighted by molar-refractivity contribution is 5.75. The number of urea groups is 1. The summed E-state index contributed by atoms with van der Waals surface area (Å²) in [5.41, 5.74) is 1.04. The Morgan fingerprint density at radius 1 is 1.57 bits per heavy atom. The van der Waals surface area contributed by atoms with Crippen LogP contribution < -0.4 is 5.32 Å². The number of likely N-dealkylation sites (tertiary alicyclic amines) is 1. The molecular formula is C15H22N6O2. The molecule has 0 aliphatic carbocycles. The number of hydrogen-bond acceptors (Lipinski definition) is 5. The van der Waals surface area contributed by atoms with Crippen LogP contribution in [0, 0.1) is 6.92 Å². The van der Waals surface area contributed by atoms with Gasteiger partial charge in [0, 0.05) is 25.2 Å². The Balaban J connectivity index is 1.72. The van der Waals surface area contributed by atoms with Gasteiger partial charge in [0.1, 0.15) is 0 Å². The summed E-state index contributed by atoms with van der Waals surface area (Å²) in [6, 6.07) is -0.274. The third-order valence-electron chi connectivity index (χ3n) is 4.23. The molecule has 2 aromatic heterocycles. The molecule has 2 N–H and O–H groups in total. The van der Waals surface area contributed by atoms with Crippen molar-refractivity contribution in [3.8, 4) is 0 Å². The average Bonchev–Trinajstić information content (AvgIpc) is 3.24. The van der Waals surface area contributed by atoms with Crippen molar-refractivity contribution in [1.82, 2.24) is 30.6 Å². The summed E-state index contributed by atoms with van der Waals surface area (Å²) in [5, 5.41) is 13.8. The lowest BCUT2D eigenvalue weighted by molar-refractivity contribution is 0.147. The van der Waals surface area contributed by atoms with Crippen LogP contribution in [-0.2, 0) is 0 Å². The highest BCUT2D eigenvalue weighted by Crippen LogP contribution is 2.30. The third-order valence-corrected chi connectivity index (χ3v) is 4.23. The zero-order valence-corrected chi connectivity index (χ0v) is 13.5. The zero-order valence-electron chi connectivity index (χ0n) is 13.5. The van der Waals surface area contributed by atoms with E-state index in [-0.39, 0.29) is 18.1 Å². The highest BCUT2D eigenvalue weighted by Gasteiger charge is 2.30. The number of aryl methyl sites for hydroxylation is 1. The van der Waals surface area contributed by atoms with E-state index >= 15 is 0 Å². The van der Waals surface area contributed by atoms with Gasteiger partial charge in [-0.05, 0) is 25.7 Å². The van der Waals surface area contributed by atoms with Gasteiger partial charge in [0.2, 0.25) is 5.89 Å². The van der Waals surface area contributed by atoms with Crippen molar-refractivity contribution >= 4 is 6.03 Å². The maximum atomic E-state index is 12.8. The molecule has 1 fully saturated rings. The van der Waals surface area contributed by atoms with Crippen LogP contribution in [0.25, 0.3) is 0 Å². The van der Waals surface area contributed by atoms with Gasteiger partial charge in [-0.1, -0.05) is 12.1 Å². The molecule has 8 nitrogen and oxygen atoms in total. The molecule has 124 valence electrons. The molecular weight excluding hydrogens is 296 g/mol. The van der Waals surface area contributed by atoms with E-state index in [2.05, 4.69) is 25.7 Å². The Morgan fingerprint density at radius 2 is 2.43 bits per heavy atom. The SMILES string of the molecule is CC[C@@H](NC(=O)N1CCCC[C@H]1c1cn[nH]c1)c1noc(C)n1. The predicted octanol–water partition coefficient (Wildman–Crippen LogP) is 2.49. The zero-order chi connectivity index (χ0) is 16.2. The van der Waals surface area contributed by atoms with E-state index < -0.39 is 0 Å². The van der Waals surface area contributed by atoms with Crippen LogP contribution in [0.4, 0.5) is 4.79 Å². The molecule has 0 spiro atoms. The lowest BCUT2D eigenvalue weighted by atomic mass is 9.98. The minimum absolute atomic E-state index is 0.0620. The number of rotatable bonds is 4. The van der Waals surface area contributed by atoms with Gasteiger partial charge in [0.25, 0.3) is 0 Å². The first-order chi connectivity index (χ1) is 11.2. The normalized spacial score (nSPS) is 19.6. The molecule has 1 aliphatic heterocycles. The number of hydrogen-bond donors (Lipinski definition) is 2. The molecule has 23 heavy (non-hydrogen) atoms. The van der Waals surface area contributed by atoms with E-state index in [0.717, 1.165) is 31.4 Å². The second-order valence-electron chi connectivity index (χ2n) is 5.82. The van der Waals surface area contributed by atoms with Gasteiger partial charge in [-0.3, -0.25) is 5.10 Å². The van der Waals surface area contributed by atoms with Gasteiger partial charge >= 0.3 is 6.03 Å². The molecule has 2 aromatic rings. The number of H-pyrrole nitrogens is 1. The number of piperidine rings is 1. The summed E-state index contributed by atoms with van der Waals surface area (Å²) in [4.78, 5) is 18.9. The summed E-state index contributed by atoms with van der Waals surface area (Å²) < 4.78 is 5.02. The van der Waals surface area contributed by atoms with Crippen molar-refractivity contribution in [3.05, 3.63) is 29.7 Å². The molecule has 0 saturated carbocycles. The summed E-state index contributed by atoms with van der Waals surface area (Å²) >= 11 is 0. The summed E-state index contributed by atoms with van der Waals surface area (Å²) in [7, 11) is 0. The number of nitrogens with zero attached hydrogens (tertiary/aromatic N) is 4. The first kappa shape index (κ1) is 15.5. The molecule has 0 aromatic carbocycles. The average molecular weight is 318 g/mol. The minimum Gasteiger partial charge on any atom is -0.340 e. The molecule has 8 heteroatoms. The maximum Gasteiger partial charge on any atom is 0.318 e. The standard InChI is InChI=1S/C15H22N6O2/c1-3-12(14-18-10(2)23-20-14)19-15(22)21-7-5-4-6-13(21)11-8-16-17-9-11/h8-9,12-13H,3-7H2,1-2H3,(H,16,17)(H,19,22)/t12-,13+/m1/s1.